The van der Waals surface area contributed by atoms with E-state index >= 15 is 0 Å². The van der Waals surface area contributed by atoms with E-state index < -0.39 is 0 Å². The lowest BCUT2D eigenvalue weighted by Gasteiger charge is -2.39. The van der Waals surface area contributed by atoms with Gasteiger partial charge in [0.05, 0.1) is 6.61 Å². The van der Waals surface area contributed by atoms with E-state index in [1.807, 2.05) is 18.4 Å². The van der Waals surface area contributed by atoms with Crippen LogP contribution in [-0.4, -0.2) is 69.8 Å². The van der Waals surface area contributed by atoms with Crippen molar-refractivity contribution >= 4 is 17.3 Å². The monoisotopic (exact) mass is 378 g/mol. The number of hydrogen-bond acceptors (Lipinski definition) is 4. The summed E-state index contributed by atoms with van der Waals surface area (Å²) in [7, 11) is 6.22. The molecule has 3 rings (SSSR count). The predicted octanol–water partition coefficient (Wildman–Crippen LogP) is 3.06. The van der Waals surface area contributed by atoms with Gasteiger partial charge in [0.25, 0.3) is 0 Å². The molecule has 2 unspecified atom stereocenters. The molecule has 0 amide bonds. The molecular weight excluding hydrogens is 344 g/mol. The number of piperidine rings is 1. The fourth-order valence-corrected chi connectivity index (χ4v) is 4.81. The second-order valence-corrected chi connectivity index (χ2v) is 8.69. The molecule has 0 radical (unpaired) electrons. The number of ether oxygens (including phenoxy) is 1. The summed E-state index contributed by atoms with van der Waals surface area (Å²) in [6.45, 7) is 4.73. The number of guanidine groups is 1. The topological polar surface area (TPSA) is 40.1 Å². The van der Waals surface area contributed by atoms with Gasteiger partial charge in [0.2, 0.25) is 0 Å². The third-order valence-electron chi connectivity index (χ3n) is 5.56. The van der Waals surface area contributed by atoms with E-state index in [-0.39, 0.29) is 0 Å². The Kier molecular flexibility index (Phi) is 7.34. The van der Waals surface area contributed by atoms with Crippen LogP contribution in [0.25, 0.3) is 0 Å². The van der Waals surface area contributed by atoms with Crippen LogP contribution < -0.4 is 5.32 Å². The van der Waals surface area contributed by atoms with E-state index in [9.17, 15) is 0 Å². The zero-order chi connectivity index (χ0) is 18.4. The summed E-state index contributed by atoms with van der Waals surface area (Å²) in [5.41, 5.74) is 0. The molecule has 0 spiro atoms. The lowest BCUT2D eigenvalue weighted by molar-refractivity contribution is 0.113. The second kappa shape index (κ2) is 9.72. The third-order valence-corrected chi connectivity index (χ3v) is 6.50. The van der Waals surface area contributed by atoms with Gasteiger partial charge in [0.1, 0.15) is 0 Å². The molecule has 0 aromatic carbocycles. The number of likely N-dealkylation sites (N-methyl/N-ethyl adjacent to an activating group) is 1. The molecule has 2 fully saturated rings. The molecule has 5 nitrogen and oxygen atoms in total. The Bertz CT molecular complexity index is 558. The number of likely N-dealkylation sites (tertiary alicyclic amines) is 1. The van der Waals surface area contributed by atoms with Crippen LogP contribution in [0, 0.1) is 11.8 Å². The van der Waals surface area contributed by atoms with Gasteiger partial charge in [-0.3, -0.25) is 9.89 Å². The first-order valence-corrected chi connectivity index (χ1v) is 10.8. The highest BCUT2D eigenvalue weighted by molar-refractivity contribution is 7.10. The predicted molar refractivity (Wildman–Crippen MR) is 110 cm³/mol. The highest BCUT2D eigenvalue weighted by Crippen LogP contribution is 2.36. The van der Waals surface area contributed by atoms with Gasteiger partial charge in [-0.1, -0.05) is 6.07 Å². The van der Waals surface area contributed by atoms with Gasteiger partial charge in [0, 0.05) is 44.7 Å². The number of thiophene rings is 1. The van der Waals surface area contributed by atoms with Crippen molar-refractivity contribution in [2.24, 2.45) is 16.8 Å². The summed E-state index contributed by atoms with van der Waals surface area (Å²) in [6.07, 6.45) is 5.24. The van der Waals surface area contributed by atoms with E-state index in [0.717, 1.165) is 38.2 Å². The van der Waals surface area contributed by atoms with E-state index in [1.54, 1.807) is 0 Å². The fourth-order valence-electron chi connectivity index (χ4n) is 3.83. The first kappa shape index (κ1) is 19.6. The summed E-state index contributed by atoms with van der Waals surface area (Å²) in [4.78, 5) is 10.6. The van der Waals surface area contributed by atoms with Gasteiger partial charge in [-0.25, -0.2) is 0 Å². The molecule has 26 heavy (non-hydrogen) atoms. The SMILES string of the molecule is CN=C(NCC1CCCN(C)C1c1cccs1)N(C)CCOCC1CC1. The molecule has 2 atom stereocenters. The summed E-state index contributed by atoms with van der Waals surface area (Å²) >= 11 is 1.88. The van der Waals surface area contributed by atoms with Crippen LogP contribution in [0.2, 0.25) is 0 Å². The summed E-state index contributed by atoms with van der Waals surface area (Å²) < 4.78 is 5.77. The van der Waals surface area contributed by atoms with Crippen molar-refractivity contribution < 1.29 is 4.74 Å². The van der Waals surface area contributed by atoms with E-state index in [4.69, 9.17) is 4.74 Å². The highest BCUT2D eigenvalue weighted by Gasteiger charge is 2.31. The van der Waals surface area contributed by atoms with Crippen molar-refractivity contribution in [2.45, 2.75) is 31.7 Å². The van der Waals surface area contributed by atoms with Gasteiger partial charge in [-0.05, 0) is 62.6 Å². The lowest BCUT2D eigenvalue weighted by atomic mass is 9.88. The molecule has 1 aliphatic carbocycles. The van der Waals surface area contributed by atoms with Crippen LogP contribution in [0.4, 0.5) is 0 Å². The molecule has 1 aromatic heterocycles. The number of aliphatic imine (C=N–C) groups is 1. The molecule has 1 saturated heterocycles. The van der Waals surface area contributed by atoms with Crippen LogP contribution in [0.3, 0.4) is 0 Å². The first-order chi connectivity index (χ1) is 12.7. The molecule has 146 valence electrons. The van der Waals surface area contributed by atoms with Crippen LogP contribution >= 0.6 is 11.3 Å². The van der Waals surface area contributed by atoms with Crippen molar-refractivity contribution in [3.63, 3.8) is 0 Å². The normalized spacial score (nSPS) is 24.7. The van der Waals surface area contributed by atoms with Gasteiger partial charge in [0.15, 0.2) is 5.96 Å². The Morgan fingerprint density at radius 1 is 1.42 bits per heavy atom. The van der Waals surface area contributed by atoms with Gasteiger partial charge < -0.3 is 15.0 Å². The third kappa shape index (κ3) is 5.44. The van der Waals surface area contributed by atoms with E-state index in [2.05, 4.69) is 51.7 Å². The summed E-state index contributed by atoms with van der Waals surface area (Å²) in [5.74, 6) is 2.41. The Hall–Kier alpha value is -1.11. The Labute approximate surface area is 162 Å². The minimum atomic E-state index is 0.515. The van der Waals surface area contributed by atoms with Crippen LogP contribution in [0.1, 0.15) is 36.6 Å². The molecule has 6 heteroatoms. The Morgan fingerprint density at radius 2 is 2.27 bits per heavy atom. The minimum absolute atomic E-state index is 0.515. The number of nitrogens with one attached hydrogen (secondary N) is 1. The molecule has 1 aliphatic heterocycles. The number of rotatable bonds is 8. The summed E-state index contributed by atoms with van der Waals surface area (Å²) in [6, 6.07) is 4.96. The van der Waals surface area contributed by atoms with E-state index in [0.29, 0.717) is 12.0 Å². The van der Waals surface area contributed by atoms with E-state index in [1.165, 1.54) is 37.1 Å². The Balaban J connectivity index is 1.48. The van der Waals surface area contributed by atoms with Crippen molar-refractivity contribution in [2.75, 3.05) is 54.0 Å². The standard InChI is InChI=1S/C20H34N4OS/c1-21-20(24(3)11-12-25-15-16-8-9-16)22-14-17-6-4-10-23(2)19(17)18-7-5-13-26-18/h5,7,13,16-17,19H,4,6,8-12,14-15H2,1-3H3,(H,21,22). The smallest absolute Gasteiger partial charge is 0.193 e. The molecule has 1 saturated carbocycles. The quantitative estimate of drug-likeness (QED) is 0.429. The van der Waals surface area contributed by atoms with Crippen molar-refractivity contribution in [1.29, 1.82) is 0 Å². The molecule has 0 bridgehead atoms. The average Bonchev–Trinajstić information content (AvgIpc) is 3.31. The highest BCUT2D eigenvalue weighted by atomic mass is 32.1. The van der Waals surface area contributed by atoms with Crippen LogP contribution in [0.5, 0.6) is 0 Å². The summed E-state index contributed by atoms with van der Waals surface area (Å²) in [5, 5.41) is 5.80. The zero-order valence-corrected chi connectivity index (χ0v) is 17.3. The van der Waals surface area contributed by atoms with Crippen molar-refractivity contribution in [3.05, 3.63) is 22.4 Å². The van der Waals surface area contributed by atoms with Crippen LogP contribution in [-0.2, 0) is 4.74 Å². The lowest BCUT2D eigenvalue weighted by Crippen LogP contribution is -2.46. The van der Waals surface area contributed by atoms with Gasteiger partial charge in [-0.15, -0.1) is 11.3 Å². The molecule has 2 aliphatic rings. The maximum atomic E-state index is 5.77. The molecule has 1 N–H and O–H groups in total. The first-order valence-electron chi connectivity index (χ1n) is 9.92. The molecule has 1 aromatic rings. The van der Waals surface area contributed by atoms with Crippen molar-refractivity contribution in [3.8, 4) is 0 Å². The van der Waals surface area contributed by atoms with Crippen LogP contribution in [0.15, 0.2) is 22.5 Å². The van der Waals surface area contributed by atoms with Crippen molar-refractivity contribution in [1.82, 2.24) is 15.1 Å². The number of hydrogen-bond donors (Lipinski definition) is 1. The number of nitrogens with zero attached hydrogens (tertiary/aromatic N) is 3. The second-order valence-electron chi connectivity index (χ2n) is 7.71. The minimum Gasteiger partial charge on any atom is -0.379 e. The Morgan fingerprint density at radius 3 is 2.96 bits per heavy atom. The fraction of sp³-hybridized carbons (Fsp3) is 0.750. The zero-order valence-electron chi connectivity index (χ0n) is 16.5. The molecule has 2 heterocycles. The maximum Gasteiger partial charge on any atom is 0.193 e. The van der Waals surface area contributed by atoms with Gasteiger partial charge >= 0.3 is 0 Å². The largest absolute Gasteiger partial charge is 0.379 e. The average molecular weight is 379 g/mol. The maximum absolute atomic E-state index is 5.77. The molecular formula is C20H34N4OS. The van der Waals surface area contributed by atoms with Gasteiger partial charge in [-0.2, -0.15) is 0 Å².